The molecule has 4 aromatic rings. The highest BCUT2D eigenvalue weighted by Gasteiger charge is 2.11. The number of rotatable bonds is 6. The molecule has 0 radical (unpaired) electrons. The molecule has 0 amide bonds. The van der Waals surface area contributed by atoms with Crippen LogP contribution in [0.15, 0.2) is 61.3 Å². The van der Waals surface area contributed by atoms with Gasteiger partial charge in [-0.2, -0.15) is 9.61 Å². The standard InChI is InChI=1S/C19H19FN6/c1-14(25-11-10-21-13-25)6-8-22-19-12-17(15-4-2-3-5-16(15)20)24-18-7-9-23-26(18)19/h2-5,7,9-14,22H,6,8H2,1H3/t14-/m0/s1. The molecule has 0 aliphatic carbocycles. The average molecular weight is 350 g/mol. The van der Waals surface area contributed by atoms with Gasteiger partial charge in [-0.25, -0.2) is 14.4 Å². The molecule has 4 rings (SSSR count). The SMILES string of the molecule is C[C@@H](CCNc1cc(-c2ccccc2F)nc2ccnn12)n1ccnc1. The molecule has 0 saturated heterocycles. The van der Waals surface area contributed by atoms with Crippen LogP contribution in [0.2, 0.25) is 0 Å². The Morgan fingerprint density at radius 2 is 2.08 bits per heavy atom. The number of anilines is 1. The lowest BCUT2D eigenvalue weighted by Crippen LogP contribution is -2.12. The molecule has 1 atom stereocenters. The Kier molecular flexibility index (Phi) is 4.35. The summed E-state index contributed by atoms with van der Waals surface area (Å²) in [5.74, 6) is 0.500. The fourth-order valence-electron chi connectivity index (χ4n) is 2.93. The van der Waals surface area contributed by atoms with Crippen LogP contribution in [-0.2, 0) is 0 Å². The Morgan fingerprint density at radius 3 is 2.88 bits per heavy atom. The maximum absolute atomic E-state index is 14.2. The molecule has 0 aliphatic rings. The monoisotopic (exact) mass is 350 g/mol. The second kappa shape index (κ2) is 6.95. The van der Waals surface area contributed by atoms with Crippen LogP contribution < -0.4 is 5.32 Å². The third-order valence-electron chi connectivity index (χ3n) is 4.41. The number of hydrogen-bond acceptors (Lipinski definition) is 4. The molecule has 0 unspecified atom stereocenters. The van der Waals surface area contributed by atoms with Gasteiger partial charge in [-0.15, -0.1) is 0 Å². The van der Waals surface area contributed by atoms with Crippen molar-refractivity contribution in [2.45, 2.75) is 19.4 Å². The lowest BCUT2D eigenvalue weighted by molar-refractivity contribution is 0.519. The molecule has 6 nitrogen and oxygen atoms in total. The van der Waals surface area contributed by atoms with Crippen LogP contribution in [0, 0.1) is 5.82 Å². The topological polar surface area (TPSA) is 60.0 Å². The Bertz CT molecular complexity index is 1010. The normalized spacial score (nSPS) is 12.4. The number of halogens is 1. The summed E-state index contributed by atoms with van der Waals surface area (Å²) in [5.41, 5.74) is 1.74. The van der Waals surface area contributed by atoms with Crippen molar-refractivity contribution >= 4 is 11.5 Å². The van der Waals surface area contributed by atoms with Gasteiger partial charge in [0.1, 0.15) is 11.6 Å². The third kappa shape index (κ3) is 3.15. The third-order valence-corrected chi connectivity index (χ3v) is 4.41. The van der Waals surface area contributed by atoms with E-state index in [1.54, 1.807) is 35.1 Å². The zero-order chi connectivity index (χ0) is 17.9. The first kappa shape index (κ1) is 16.3. The van der Waals surface area contributed by atoms with E-state index in [0.717, 1.165) is 18.8 Å². The summed E-state index contributed by atoms with van der Waals surface area (Å²) in [6.07, 6.45) is 8.15. The Labute approximate surface area is 150 Å². The van der Waals surface area contributed by atoms with Crippen LogP contribution in [-0.4, -0.2) is 30.7 Å². The van der Waals surface area contributed by atoms with Crippen LogP contribution >= 0.6 is 0 Å². The van der Waals surface area contributed by atoms with Gasteiger partial charge in [-0.3, -0.25) is 0 Å². The number of benzene rings is 1. The zero-order valence-corrected chi connectivity index (χ0v) is 14.4. The highest BCUT2D eigenvalue weighted by molar-refractivity contribution is 5.66. The Balaban J connectivity index is 1.58. The minimum atomic E-state index is -0.288. The van der Waals surface area contributed by atoms with Gasteiger partial charge >= 0.3 is 0 Å². The quantitative estimate of drug-likeness (QED) is 0.575. The van der Waals surface area contributed by atoms with Crippen LogP contribution in [0.5, 0.6) is 0 Å². The lowest BCUT2D eigenvalue weighted by Gasteiger charge is -2.15. The molecular weight excluding hydrogens is 331 g/mol. The number of imidazole rings is 1. The molecule has 26 heavy (non-hydrogen) atoms. The fraction of sp³-hybridized carbons (Fsp3) is 0.211. The maximum atomic E-state index is 14.2. The van der Waals surface area contributed by atoms with E-state index in [9.17, 15) is 4.39 Å². The molecule has 0 spiro atoms. The maximum Gasteiger partial charge on any atom is 0.157 e. The van der Waals surface area contributed by atoms with Crippen molar-refractivity contribution in [3.8, 4) is 11.3 Å². The highest BCUT2D eigenvalue weighted by Crippen LogP contribution is 2.24. The number of nitrogens with one attached hydrogen (secondary N) is 1. The van der Waals surface area contributed by atoms with Crippen molar-refractivity contribution in [2.75, 3.05) is 11.9 Å². The summed E-state index contributed by atoms with van der Waals surface area (Å²) in [6, 6.07) is 10.6. The van der Waals surface area contributed by atoms with Gasteiger partial charge in [0.25, 0.3) is 0 Å². The van der Waals surface area contributed by atoms with Gasteiger partial charge in [0.05, 0.1) is 18.2 Å². The van der Waals surface area contributed by atoms with Gasteiger partial charge in [0.2, 0.25) is 0 Å². The van der Waals surface area contributed by atoms with Crippen LogP contribution in [0.3, 0.4) is 0 Å². The Morgan fingerprint density at radius 1 is 1.19 bits per heavy atom. The molecule has 3 aromatic heterocycles. The molecule has 132 valence electrons. The second-order valence-corrected chi connectivity index (χ2v) is 6.18. The largest absolute Gasteiger partial charge is 0.370 e. The van der Waals surface area contributed by atoms with E-state index in [1.165, 1.54) is 6.07 Å². The van der Waals surface area contributed by atoms with Gasteiger partial charge in [0.15, 0.2) is 5.65 Å². The molecule has 7 heteroatoms. The smallest absolute Gasteiger partial charge is 0.157 e. The molecule has 0 fully saturated rings. The lowest BCUT2D eigenvalue weighted by atomic mass is 10.1. The minimum absolute atomic E-state index is 0.288. The molecule has 0 bridgehead atoms. The molecule has 1 aromatic carbocycles. The zero-order valence-electron chi connectivity index (χ0n) is 14.4. The molecule has 1 N–H and O–H groups in total. The highest BCUT2D eigenvalue weighted by atomic mass is 19.1. The fourth-order valence-corrected chi connectivity index (χ4v) is 2.93. The number of aromatic nitrogens is 5. The van der Waals surface area contributed by atoms with Gasteiger partial charge in [0, 0.05) is 42.7 Å². The summed E-state index contributed by atoms with van der Waals surface area (Å²) in [7, 11) is 0. The number of hydrogen-bond donors (Lipinski definition) is 1. The van der Waals surface area contributed by atoms with E-state index in [2.05, 4.69) is 31.9 Å². The van der Waals surface area contributed by atoms with E-state index in [1.807, 2.05) is 24.7 Å². The minimum Gasteiger partial charge on any atom is -0.370 e. The number of nitrogens with zero attached hydrogens (tertiary/aromatic N) is 5. The molecule has 0 aliphatic heterocycles. The van der Waals surface area contributed by atoms with E-state index in [0.29, 0.717) is 22.9 Å². The summed E-state index contributed by atoms with van der Waals surface area (Å²) >= 11 is 0. The summed E-state index contributed by atoms with van der Waals surface area (Å²) in [6.45, 7) is 2.89. The molecule has 3 heterocycles. The second-order valence-electron chi connectivity index (χ2n) is 6.18. The van der Waals surface area contributed by atoms with Gasteiger partial charge in [-0.05, 0) is 25.5 Å². The van der Waals surface area contributed by atoms with Crippen LogP contribution in [0.1, 0.15) is 19.4 Å². The predicted molar refractivity (Wildman–Crippen MR) is 98.4 cm³/mol. The predicted octanol–water partition coefficient (Wildman–Crippen LogP) is 3.80. The first-order chi connectivity index (χ1) is 12.7. The van der Waals surface area contributed by atoms with Crippen LogP contribution in [0.4, 0.5) is 10.2 Å². The van der Waals surface area contributed by atoms with Crippen molar-refractivity contribution in [3.63, 3.8) is 0 Å². The van der Waals surface area contributed by atoms with Gasteiger partial charge < -0.3 is 9.88 Å². The first-order valence-electron chi connectivity index (χ1n) is 8.53. The van der Waals surface area contributed by atoms with Gasteiger partial charge in [-0.1, -0.05) is 12.1 Å². The Hall–Kier alpha value is -3.22. The van der Waals surface area contributed by atoms with E-state index < -0.39 is 0 Å². The van der Waals surface area contributed by atoms with E-state index in [-0.39, 0.29) is 5.82 Å². The average Bonchev–Trinajstić information content (AvgIpc) is 3.33. The molecular formula is C19H19FN6. The van der Waals surface area contributed by atoms with Crippen molar-refractivity contribution in [2.24, 2.45) is 0 Å². The van der Waals surface area contributed by atoms with Crippen LogP contribution in [0.25, 0.3) is 16.9 Å². The van der Waals surface area contributed by atoms with Crippen molar-refractivity contribution in [1.82, 2.24) is 24.1 Å². The van der Waals surface area contributed by atoms with Crippen molar-refractivity contribution in [3.05, 3.63) is 67.1 Å². The van der Waals surface area contributed by atoms with Crippen molar-refractivity contribution < 1.29 is 4.39 Å². The summed E-state index contributed by atoms with van der Waals surface area (Å²) in [5, 5.41) is 7.71. The summed E-state index contributed by atoms with van der Waals surface area (Å²) < 4.78 is 18.0. The molecule has 0 saturated carbocycles. The first-order valence-corrected chi connectivity index (χ1v) is 8.53. The van der Waals surface area contributed by atoms with Crippen molar-refractivity contribution in [1.29, 1.82) is 0 Å². The van der Waals surface area contributed by atoms with E-state index >= 15 is 0 Å². The number of fused-ring (bicyclic) bond motifs is 1. The summed E-state index contributed by atoms with van der Waals surface area (Å²) in [4.78, 5) is 8.60. The van der Waals surface area contributed by atoms with E-state index in [4.69, 9.17) is 0 Å².